The smallest absolute Gasteiger partial charge is 0.122 e. The normalized spacial score (nSPS) is 12.3. The van der Waals surface area contributed by atoms with Crippen LogP contribution < -0.4 is 0 Å². The summed E-state index contributed by atoms with van der Waals surface area (Å²) in [6.45, 7) is 16.5. The Morgan fingerprint density at radius 2 is 0.800 bits per heavy atom. The number of hydrogen-bond acceptors (Lipinski definition) is 2. The summed E-state index contributed by atoms with van der Waals surface area (Å²) in [7, 11) is 0. The van der Waals surface area contributed by atoms with E-state index in [2.05, 4.69) is 64.1 Å². The second kappa shape index (κ2) is 7.50. The summed E-state index contributed by atoms with van der Waals surface area (Å²) < 4.78 is 0. The van der Waals surface area contributed by atoms with Gasteiger partial charge < -0.3 is 10.2 Å². The molecule has 0 atom stereocenters. The zero-order valence-corrected chi connectivity index (χ0v) is 19.5. The van der Waals surface area contributed by atoms with Crippen molar-refractivity contribution in [3.05, 3.63) is 93.0 Å². The first-order valence-corrected chi connectivity index (χ1v) is 10.6. The number of phenols is 2. The number of aromatic hydroxyl groups is 2. The van der Waals surface area contributed by atoms with Gasteiger partial charge in [-0.15, -0.1) is 0 Å². The predicted molar refractivity (Wildman–Crippen MR) is 126 cm³/mol. The summed E-state index contributed by atoms with van der Waals surface area (Å²) in [6.07, 6.45) is 0. The van der Waals surface area contributed by atoms with Crippen LogP contribution in [-0.2, 0) is 10.8 Å². The summed E-state index contributed by atoms with van der Waals surface area (Å²) in [4.78, 5) is 0. The molecule has 2 nitrogen and oxygen atoms in total. The lowest BCUT2D eigenvalue weighted by Gasteiger charge is -2.31. The largest absolute Gasteiger partial charge is 0.507 e. The summed E-state index contributed by atoms with van der Waals surface area (Å²) in [6, 6.07) is 16.8. The van der Waals surface area contributed by atoms with Crippen molar-refractivity contribution in [2.45, 2.75) is 66.2 Å². The average molecular weight is 403 g/mol. The Bertz CT molecular complexity index is 998. The molecule has 0 amide bonds. The lowest BCUT2D eigenvalue weighted by Crippen LogP contribution is -2.22. The van der Waals surface area contributed by atoms with E-state index in [0.29, 0.717) is 11.5 Å². The Labute approximate surface area is 181 Å². The van der Waals surface area contributed by atoms with Crippen molar-refractivity contribution in [2.24, 2.45) is 0 Å². The molecule has 0 saturated carbocycles. The standard InChI is InChI=1S/C28H34O2/c1-17-9-15-23(25(29)19(17)3)27(5,6)21-11-13-22(14-12-21)28(7,8)24-16-10-18(2)20(4)26(24)30/h9-16,29-30H,1-8H3. The lowest BCUT2D eigenvalue weighted by molar-refractivity contribution is 0.447. The third-order valence-electron chi connectivity index (χ3n) is 7.08. The molecule has 0 fully saturated rings. The quantitative estimate of drug-likeness (QED) is 0.494. The Morgan fingerprint density at radius 3 is 1.10 bits per heavy atom. The first-order chi connectivity index (χ1) is 13.9. The number of phenolic OH excluding ortho intramolecular Hbond substituents is 2. The Kier molecular flexibility index (Phi) is 5.49. The van der Waals surface area contributed by atoms with Crippen LogP contribution in [0.2, 0.25) is 0 Å². The fourth-order valence-electron chi connectivity index (χ4n) is 4.23. The Hall–Kier alpha value is -2.74. The summed E-state index contributed by atoms with van der Waals surface area (Å²) >= 11 is 0. The minimum atomic E-state index is -0.326. The maximum atomic E-state index is 10.8. The van der Waals surface area contributed by atoms with Gasteiger partial charge in [0.05, 0.1) is 0 Å². The van der Waals surface area contributed by atoms with Gasteiger partial charge in [0.1, 0.15) is 11.5 Å². The van der Waals surface area contributed by atoms with E-state index in [1.165, 1.54) is 0 Å². The van der Waals surface area contributed by atoms with Crippen LogP contribution in [0.15, 0.2) is 48.5 Å². The molecule has 30 heavy (non-hydrogen) atoms. The van der Waals surface area contributed by atoms with Crippen molar-refractivity contribution in [1.82, 2.24) is 0 Å². The van der Waals surface area contributed by atoms with Crippen molar-refractivity contribution in [3.8, 4) is 11.5 Å². The lowest BCUT2D eigenvalue weighted by atomic mass is 9.73. The van der Waals surface area contributed by atoms with E-state index in [1.807, 2.05) is 39.8 Å². The molecule has 0 aromatic heterocycles. The van der Waals surface area contributed by atoms with Crippen molar-refractivity contribution >= 4 is 0 Å². The van der Waals surface area contributed by atoms with Crippen molar-refractivity contribution in [3.63, 3.8) is 0 Å². The number of rotatable bonds is 4. The number of hydrogen-bond donors (Lipinski definition) is 2. The SMILES string of the molecule is Cc1ccc(C(C)(C)c2ccc(C(C)(C)c3ccc(C)c(C)c3O)cc2)c(O)c1C. The van der Waals surface area contributed by atoms with Gasteiger partial charge in [0.2, 0.25) is 0 Å². The molecule has 0 aliphatic rings. The molecule has 0 bridgehead atoms. The maximum Gasteiger partial charge on any atom is 0.122 e. The second-order valence-corrected chi connectivity index (χ2v) is 9.63. The van der Waals surface area contributed by atoms with E-state index in [0.717, 1.165) is 44.5 Å². The van der Waals surface area contributed by atoms with Gasteiger partial charge in [-0.1, -0.05) is 76.2 Å². The van der Waals surface area contributed by atoms with Crippen molar-refractivity contribution in [1.29, 1.82) is 0 Å². The Balaban J connectivity index is 2.02. The fourth-order valence-corrected chi connectivity index (χ4v) is 4.23. The first kappa shape index (κ1) is 22.0. The van der Waals surface area contributed by atoms with Crippen LogP contribution in [0.1, 0.15) is 72.2 Å². The highest BCUT2D eigenvalue weighted by Gasteiger charge is 2.30. The highest BCUT2D eigenvalue weighted by atomic mass is 16.3. The average Bonchev–Trinajstić information content (AvgIpc) is 2.70. The molecular weight excluding hydrogens is 368 g/mol. The number of aryl methyl sites for hydroxylation is 2. The summed E-state index contributed by atoms with van der Waals surface area (Å²) in [5, 5.41) is 21.5. The van der Waals surface area contributed by atoms with Crippen LogP contribution in [-0.4, -0.2) is 10.2 Å². The van der Waals surface area contributed by atoms with E-state index in [-0.39, 0.29) is 10.8 Å². The molecule has 3 aromatic carbocycles. The summed E-state index contributed by atoms with van der Waals surface area (Å²) in [5.74, 6) is 0.758. The van der Waals surface area contributed by atoms with Gasteiger partial charge in [-0.2, -0.15) is 0 Å². The molecule has 0 radical (unpaired) electrons. The molecule has 0 unspecified atom stereocenters. The van der Waals surface area contributed by atoms with Gasteiger partial charge in [0.15, 0.2) is 0 Å². The third kappa shape index (κ3) is 3.49. The van der Waals surface area contributed by atoms with E-state index in [9.17, 15) is 10.2 Å². The highest BCUT2D eigenvalue weighted by Crippen LogP contribution is 2.42. The minimum Gasteiger partial charge on any atom is -0.507 e. The molecule has 2 heteroatoms. The van der Waals surface area contributed by atoms with Gasteiger partial charge in [-0.3, -0.25) is 0 Å². The molecule has 0 saturated heterocycles. The van der Waals surface area contributed by atoms with Gasteiger partial charge in [-0.05, 0) is 61.1 Å². The van der Waals surface area contributed by atoms with Crippen LogP contribution in [0.5, 0.6) is 11.5 Å². The van der Waals surface area contributed by atoms with Crippen molar-refractivity contribution < 1.29 is 10.2 Å². The molecule has 0 heterocycles. The van der Waals surface area contributed by atoms with Crippen LogP contribution >= 0.6 is 0 Å². The molecule has 158 valence electrons. The molecule has 0 spiro atoms. The Morgan fingerprint density at radius 1 is 0.500 bits per heavy atom. The van der Waals surface area contributed by atoms with E-state index in [1.54, 1.807) is 0 Å². The number of benzene rings is 3. The van der Waals surface area contributed by atoms with Crippen LogP contribution in [0.25, 0.3) is 0 Å². The minimum absolute atomic E-state index is 0.326. The molecular formula is C28H34O2. The van der Waals surface area contributed by atoms with Gasteiger partial charge in [0.25, 0.3) is 0 Å². The zero-order valence-electron chi connectivity index (χ0n) is 19.5. The van der Waals surface area contributed by atoms with Crippen LogP contribution in [0, 0.1) is 27.7 Å². The topological polar surface area (TPSA) is 40.5 Å². The maximum absolute atomic E-state index is 10.8. The van der Waals surface area contributed by atoms with Gasteiger partial charge in [0, 0.05) is 22.0 Å². The van der Waals surface area contributed by atoms with Crippen LogP contribution in [0.4, 0.5) is 0 Å². The zero-order chi connectivity index (χ0) is 22.4. The third-order valence-corrected chi connectivity index (χ3v) is 7.08. The van der Waals surface area contributed by atoms with Gasteiger partial charge in [-0.25, -0.2) is 0 Å². The van der Waals surface area contributed by atoms with Gasteiger partial charge >= 0.3 is 0 Å². The molecule has 0 aliphatic carbocycles. The molecule has 3 aromatic rings. The van der Waals surface area contributed by atoms with Crippen molar-refractivity contribution in [2.75, 3.05) is 0 Å². The fraction of sp³-hybridized carbons (Fsp3) is 0.357. The highest BCUT2D eigenvalue weighted by molar-refractivity contribution is 5.54. The van der Waals surface area contributed by atoms with E-state index < -0.39 is 0 Å². The molecule has 0 aliphatic heterocycles. The monoisotopic (exact) mass is 402 g/mol. The molecule has 3 rings (SSSR count). The summed E-state index contributed by atoms with van der Waals surface area (Å²) in [5.41, 5.74) is 7.56. The van der Waals surface area contributed by atoms with Crippen LogP contribution in [0.3, 0.4) is 0 Å². The first-order valence-electron chi connectivity index (χ1n) is 10.6. The van der Waals surface area contributed by atoms with E-state index >= 15 is 0 Å². The predicted octanol–water partition coefficient (Wildman–Crippen LogP) is 6.98. The second-order valence-electron chi connectivity index (χ2n) is 9.63. The van der Waals surface area contributed by atoms with E-state index in [4.69, 9.17) is 0 Å². The molecule has 2 N–H and O–H groups in total.